The van der Waals surface area contributed by atoms with E-state index in [2.05, 4.69) is 0 Å². The van der Waals surface area contributed by atoms with Crippen LogP contribution in [0.15, 0.2) is 18.2 Å². The van der Waals surface area contributed by atoms with E-state index in [0.29, 0.717) is 25.1 Å². The first-order chi connectivity index (χ1) is 10.8. The molecule has 126 valence electrons. The maximum Gasteiger partial charge on any atom is 0.236 e. The Labute approximate surface area is 134 Å². The molecule has 23 heavy (non-hydrogen) atoms. The predicted octanol–water partition coefficient (Wildman–Crippen LogP) is 1.29. The molecule has 1 aromatic carbocycles. The molecule has 7 heteroatoms. The summed E-state index contributed by atoms with van der Waals surface area (Å²) in [5, 5.41) is 0. The highest BCUT2D eigenvalue weighted by molar-refractivity contribution is 5.79. The highest BCUT2D eigenvalue weighted by Crippen LogP contribution is 2.22. The molecule has 1 aromatic rings. The van der Waals surface area contributed by atoms with Crippen molar-refractivity contribution in [3.8, 4) is 0 Å². The Morgan fingerprint density at radius 2 is 2.09 bits per heavy atom. The van der Waals surface area contributed by atoms with Gasteiger partial charge in [-0.1, -0.05) is 6.07 Å². The molecule has 0 saturated carbocycles. The lowest BCUT2D eigenvalue weighted by atomic mass is 10.1. The lowest BCUT2D eigenvalue weighted by Gasteiger charge is -2.27. The summed E-state index contributed by atoms with van der Waals surface area (Å²) in [7, 11) is 1.62. The van der Waals surface area contributed by atoms with Gasteiger partial charge in [0.05, 0.1) is 18.5 Å². The molecule has 1 heterocycles. The van der Waals surface area contributed by atoms with Crippen LogP contribution in [-0.2, 0) is 9.59 Å². The van der Waals surface area contributed by atoms with E-state index < -0.39 is 11.6 Å². The van der Waals surface area contributed by atoms with E-state index in [1.807, 2.05) is 4.90 Å². The van der Waals surface area contributed by atoms with Crippen LogP contribution >= 0.6 is 0 Å². The van der Waals surface area contributed by atoms with Crippen LogP contribution in [0.5, 0.6) is 0 Å². The van der Waals surface area contributed by atoms with Crippen LogP contribution in [0.4, 0.5) is 8.78 Å². The molecule has 2 rings (SSSR count). The van der Waals surface area contributed by atoms with Crippen molar-refractivity contribution >= 4 is 11.8 Å². The predicted molar refractivity (Wildman–Crippen MR) is 81.3 cm³/mol. The number of halogens is 2. The van der Waals surface area contributed by atoms with E-state index >= 15 is 0 Å². The van der Waals surface area contributed by atoms with E-state index in [1.165, 1.54) is 11.0 Å². The molecule has 0 radical (unpaired) electrons. The van der Waals surface area contributed by atoms with Gasteiger partial charge in [-0.2, -0.15) is 0 Å². The van der Waals surface area contributed by atoms with Gasteiger partial charge in [-0.25, -0.2) is 8.78 Å². The third-order valence-corrected chi connectivity index (χ3v) is 4.43. The molecule has 0 bridgehead atoms. The molecule has 5 nitrogen and oxygen atoms in total. The fourth-order valence-electron chi connectivity index (χ4n) is 2.72. The Hall–Kier alpha value is -2.02. The van der Waals surface area contributed by atoms with Gasteiger partial charge in [-0.05, 0) is 37.6 Å². The zero-order valence-corrected chi connectivity index (χ0v) is 13.3. The molecule has 2 atom stereocenters. The van der Waals surface area contributed by atoms with Crippen LogP contribution in [0.25, 0.3) is 0 Å². The molecule has 2 N–H and O–H groups in total. The molecular formula is C16H21F2N3O2. The summed E-state index contributed by atoms with van der Waals surface area (Å²) in [5.74, 6) is -2.55. The van der Waals surface area contributed by atoms with E-state index in [4.69, 9.17) is 5.73 Å². The first-order valence-electron chi connectivity index (χ1n) is 7.52. The molecule has 0 unspecified atom stereocenters. The summed E-state index contributed by atoms with van der Waals surface area (Å²) in [5.41, 5.74) is 5.80. The average Bonchev–Trinajstić information content (AvgIpc) is 2.97. The smallest absolute Gasteiger partial charge is 0.236 e. The Kier molecular flexibility index (Phi) is 5.30. The van der Waals surface area contributed by atoms with Gasteiger partial charge in [0.25, 0.3) is 0 Å². The normalized spacial score (nSPS) is 19.6. The van der Waals surface area contributed by atoms with Crippen molar-refractivity contribution in [2.24, 2.45) is 11.7 Å². The quantitative estimate of drug-likeness (QED) is 0.887. The van der Waals surface area contributed by atoms with Crippen molar-refractivity contribution in [2.75, 3.05) is 26.7 Å². The van der Waals surface area contributed by atoms with Crippen LogP contribution in [0.3, 0.4) is 0 Å². The van der Waals surface area contributed by atoms with Gasteiger partial charge in [-0.15, -0.1) is 0 Å². The first-order valence-corrected chi connectivity index (χ1v) is 7.52. The van der Waals surface area contributed by atoms with Crippen LogP contribution in [-0.4, -0.2) is 48.3 Å². The number of nitrogens with zero attached hydrogens (tertiary/aromatic N) is 2. The maximum atomic E-state index is 13.3. The minimum absolute atomic E-state index is 0.146. The fraction of sp³-hybridized carbons (Fsp3) is 0.500. The van der Waals surface area contributed by atoms with E-state index in [-0.39, 0.29) is 30.3 Å². The second-order valence-corrected chi connectivity index (χ2v) is 5.98. The molecule has 0 aliphatic carbocycles. The number of carbonyl (C=O) groups excluding carboxylic acids is 2. The summed E-state index contributed by atoms with van der Waals surface area (Å²) in [6, 6.07) is 3.23. The Morgan fingerprint density at radius 3 is 2.65 bits per heavy atom. The molecule has 0 spiro atoms. The number of benzene rings is 1. The van der Waals surface area contributed by atoms with Gasteiger partial charge >= 0.3 is 0 Å². The second-order valence-electron chi connectivity index (χ2n) is 5.98. The molecule has 0 aromatic heterocycles. The topological polar surface area (TPSA) is 66.6 Å². The molecule has 2 amide bonds. The minimum atomic E-state index is -0.931. The minimum Gasteiger partial charge on any atom is -0.369 e. The largest absolute Gasteiger partial charge is 0.369 e. The standard InChI is InChI=1S/C16H21F2N3O2/c1-10(11-3-4-13(17)14(18)7-11)20(2)15(22)9-21-6-5-12(8-21)16(19)23/h3-4,7,10,12H,5-6,8-9H2,1-2H3,(H2,19,23)/t10-,12-/m0/s1. The number of rotatable bonds is 5. The van der Waals surface area contributed by atoms with Crippen molar-refractivity contribution in [3.63, 3.8) is 0 Å². The van der Waals surface area contributed by atoms with Crippen molar-refractivity contribution in [1.29, 1.82) is 0 Å². The van der Waals surface area contributed by atoms with Gasteiger partial charge in [0.1, 0.15) is 0 Å². The molecule has 1 fully saturated rings. The lowest BCUT2D eigenvalue weighted by Crippen LogP contribution is -2.39. The Morgan fingerprint density at radius 1 is 1.39 bits per heavy atom. The third-order valence-electron chi connectivity index (χ3n) is 4.43. The van der Waals surface area contributed by atoms with Crippen LogP contribution in [0, 0.1) is 17.6 Å². The third kappa shape index (κ3) is 4.04. The van der Waals surface area contributed by atoms with Crippen LogP contribution in [0.2, 0.25) is 0 Å². The van der Waals surface area contributed by atoms with Crippen molar-refractivity contribution in [1.82, 2.24) is 9.80 Å². The maximum absolute atomic E-state index is 13.3. The summed E-state index contributed by atoms with van der Waals surface area (Å²) >= 11 is 0. The van der Waals surface area contributed by atoms with E-state index in [0.717, 1.165) is 12.1 Å². The second kappa shape index (κ2) is 7.04. The Balaban J connectivity index is 1.96. The highest BCUT2D eigenvalue weighted by atomic mass is 19.2. The van der Waals surface area contributed by atoms with Gasteiger partial charge < -0.3 is 10.6 Å². The zero-order chi connectivity index (χ0) is 17.1. The van der Waals surface area contributed by atoms with E-state index in [1.54, 1.807) is 14.0 Å². The molecular weight excluding hydrogens is 304 g/mol. The number of amides is 2. The van der Waals surface area contributed by atoms with Crippen molar-refractivity contribution in [3.05, 3.63) is 35.4 Å². The average molecular weight is 325 g/mol. The Bertz CT molecular complexity index is 609. The van der Waals surface area contributed by atoms with Gasteiger partial charge in [0, 0.05) is 13.6 Å². The number of nitrogens with two attached hydrogens (primary N) is 1. The number of hydrogen-bond donors (Lipinski definition) is 1. The first kappa shape index (κ1) is 17.3. The highest BCUT2D eigenvalue weighted by Gasteiger charge is 2.29. The number of likely N-dealkylation sites (N-methyl/N-ethyl adjacent to an activating group) is 1. The van der Waals surface area contributed by atoms with Gasteiger partial charge in [0.15, 0.2) is 11.6 Å². The SMILES string of the molecule is C[C@@H](c1ccc(F)c(F)c1)N(C)C(=O)CN1CC[C@H](C(N)=O)C1. The monoisotopic (exact) mass is 325 g/mol. The molecule has 1 aliphatic rings. The molecule has 1 aliphatic heterocycles. The van der Waals surface area contributed by atoms with Crippen molar-refractivity contribution in [2.45, 2.75) is 19.4 Å². The number of carbonyl (C=O) groups is 2. The summed E-state index contributed by atoms with van der Waals surface area (Å²) < 4.78 is 26.3. The molecule has 1 saturated heterocycles. The van der Waals surface area contributed by atoms with Crippen LogP contribution < -0.4 is 5.73 Å². The van der Waals surface area contributed by atoms with E-state index in [9.17, 15) is 18.4 Å². The van der Waals surface area contributed by atoms with Gasteiger partial charge in [0.2, 0.25) is 11.8 Å². The summed E-state index contributed by atoms with van der Waals surface area (Å²) in [4.78, 5) is 26.9. The summed E-state index contributed by atoms with van der Waals surface area (Å²) in [6.45, 7) is 3.05. The van der Waals surface area contributed by atoms with Crippen LogP contribution in [0.1, 0.15) is 24.9 Å². The number of primary amides is 1. The van der Waals surface area contributed by atoms with Crippen molar-refractivity contribution < 1.29 is 18.4 Å². The lowest BCUT2D eigenvalue weighted by molar-refractivity contribution is -0.133. The zero-order valence-electron chi connectivity index (χ0n) is 13.3. The summed E-state index contributed by atoms with van der Waals surface area (Å²) in [6.07, 6.45) is 0.658. The number of likely N-dealkylation sites (tertiary alicyclic amines) is 1. The van der Waals surface area contributed by atoms with Gasteiger partial charge in [-0.3, -0.25) is 14.5 Å². The fourth-order valence-corrected chi connectivity index (χ4v) is 2.72. The number of hydrogen-bond acceptors (Lipinski definition) is 3.